The third kappa shape index (κ3) is 5.67. The summed E-state index contributed by atoms with van der Waals surface area (Å²) in [6.45, 7) is 0.342. The first-order valence-electron chi connectivity index (χ1n) is 10.4. The lowest BCUT2D eigenvalue weighted by Crippen LogP contribution is -2.20. The fourth-order valence-electron chi connectivity index (χ4n) is 4.15. The number of aliphatic imine (C=N–C) groups is 2. The number of aromatic nitrogens is 1. The number of aromatic amines is 1. The Kier molecular flexibility index (Phi) is 7.65. The third-order valence-corrected chi connectivity index (χ3v) is 5.67. The molecule has 1 aromatic rings. The van der Waals surface area contributed by atoms with Crippen molar-refractivity contribution in [1.82, 2.24) is 4.98 Å². The third-order valence-electron chi connectivity index (χ3n) is 5.67. The summed E-state index contributed by atoms with van der Waals surface area (Å²) in [5.74, 6) is 0.968. The second kappa shape index (κ2) is 10.4. The second-order valence-corrected chi connectivity index (χ2v) is 7.72. The van der Waals surface area contributed by atoms with Gasteiger partial charge in [0.15, 0.2) is 5.84 Å². The Morgan fingerprint density at radius 3 is 2.75 bits per heavy atom. The zero-order valence-corrected chi connectivity index (χ0v) is 16.7. The van der Waals surface area contributed by atoms with E-state index in [-0.39, 0.29) is 18.2 Å². The molecule has 154 valence electrons. The van der Waals surface area contributed by atoms with Crippen molar-refractivity contribution in [1.29, 1.82) is 0 Å². The van der Waals surface area contributed by atoms with Crippen molar-refractivity contribution in [2.75, 3.05) is 13.7 Å². The van der Waals surface area contributed by atoms with Gasteiger partial charge in [-0.05, 0) is 43.7 Å². The molecule has 0 spiro atoms. The van der Waals surface area contributed by atoms with Gasteiger partial charge in [0.05, 0.1) is 24.2 Å². The van der Waals surface area contributed by atoms with Crippen LogP contribution < -0.4 is 5.73 Å². The van der Waals surface area contributed by atoms with E-state index in [0.29, 0.717) is 24.8 Å². The smallest absolute Gasteiger partial charge is 0.306 e. The molecule has 7 nitrogen and oxygen atoms in total. The van der Waals surface area contributed by atoms with Crippen LogP contribution in [0.25, 0.3) is 0 Å². The van der Waals surface area contributed by atoms with E-state index in [9.17, 15) is 4.79 Å². The van der Waals surface area contributed by atoms with E-state index in [0.717, 1.165) is 37.1 Å². The Bertz CT molecular complexity index is 690. The Hall–Kier alpha value is -2.15. The maximum absolute atomic E-state index is 12.2. The Labute approximate surface area is 166 Å². The fourth-order valence-corrected chi connectivity index (χ4v) is 4.15. The van der Waals surface area contributed by atoms with Gasteiger partial charge < -0.3 is 20.2 Å². The van der Waals surface area contributed by atoms with Crippen molar-refractivity contribution in [2.45, 2.75) is 70.0 Å². The first kappa shape index (κ1) is 20.6. The predicted octanol–water partition coefficient (Wildman–Crippen LogP) is 3.50. The number of nitrogens with zero attached hydrogens (tertiary/aromatic N) is 2. The molecular formula is C21H32N4O3. The van der Waals surface area contributed by atoms with Crippen LogP contribution in [0.5, 0.6) is 0 Å². The van der Waals surface area contributed by atoms with Crippen LogP contribution in [0.2, 0.25) is 0 Å². The Balaban J connectivity index is 1.44. The second-order valence-electron chi connectivity index (χ2n) is 7.72. The minimum Gasteiger partial charge on any atom is -0.463 e. The summed E-state index contributed by atoms with van der Waals surface area (Å²) in [7, 11) is 1.67. The number of rotatable bonds is 6. The SMILES string of the molecule is CN=C(N=CN)c1ccc(C2CCC(COC(=O)CC3CCCCCC3)O2)[nH]1. The molecule has 1 aliphatic heterocycles. The summed E-state index contributed by atoms with van der Waals surface area (Å²) in [6, 6.07) is 3.91. The fraction of sp³-hybridized carbons (Fsp3) is 0.667. The van der Waals surface area contributed by atoms with Gasteiger partial charge in [0.2, 0.25) is 0 Å². The van der Waals surface area contributed by atoms with E-state index < -0.39 is 0 Å². The van der Waals surface area contributed by atoms with E-state index in [2.05, 4.69) is 15.0 Å². The molecule has 2 heterocycles. The average Bonchev–Trinajstić information content (AvgIpc) is 3.30. The Morgan fingerprint density at radius 2 is 2.04 bits per heavy atom. The number of nitrogens with one attached hydrogen (secondary N) is 1. The summed E-state index contributed by atoms with van der Waals surface area (Å²) >= 11 is 0. The van der Waals surface area contributed by atoms with E-state index >= 15 is 0 Å². The quantitative estimate of drug-likeness (QED) is 0.337. The maximum atomic E-state index is 12.2. The van der Waals surface area contributed by atoms with Crippen molar-refractivity contribution < 1.29 is 14.3 Å². The molecule has 1 aromatic heterocycles. The molecule has 2 unspecified atom stereocenters. The molecule has 0 bridgehead atoms. The molecular weight excluding hydrogens is 356 g/mol. The topological polar surface area (TPSA) is 102 Å². The first-order valence-corrected chi connectivity index (χ1v) is 10.4. The number of hydrogen-bond acceptors (Lipinski definition) is 4. The predicted molar refractivity (Wildman–Crippen MR) is 110 cm³/mol. The molecule has 3 rings (SSSR count). The lowest BCUT2D eigenvalue weighted by Gasteiger charge is -2.16. The molecule has 0 amide bonds. The van der Waals surface area contributed by atoms with Crippen LogP contribution >= 0.6 is 0 Å². The van der Waals surface area contributed by atoms with Crippen LogP contribution in [0.15, 0.2) is 22.1 Å². The van der Waals surface area contributed by atoms with Crippen molar-refractivity contribution >= 4 is 18.1 Å². The van der Waals surface area contributed by atoms with Crippen LogP contribution in [-0.4, -0.2) is 42.9 Å². The van der Waals surface area contributed by atoms with Gasteiger partial charge in [-0.1, -0.05) is 25.7 Å². The van der Waals surface area contributed by atoms with Crippen LogP contribution in [0.3, 0.4) is 0 Å². The van der Waals surface area contributed by atoms with Gasteiger partial charge in [-0.3, -0.25) is 9.79 Å². The van der Waals surface area contributed by atoms with E-state index in [1.165, 1.54) is 32.0 Å². The molecule has 1 aliphatic carbocycles. The summed E-state index contributed by atoms with van der Waals surface area (Å²) in [5.41, 5.74) is 7.15. The first-order chi connectivity index (χ1) is 13.7. The average molecular weight is 389 g/mol. The molecule has 7 heteroatoms. The number of H-pyrrole nitrogens is 1. The number of ether oxygens (including phenoxy) is 2. The number of carbonyl (C=O) groups excluding carboxylic acids is 1. The highest BCUT2D eigenvalue weighted by atomic mass is 16.6. The van der Waals surface area contributed by atoms with Crippen LogP contribution in [0.4, 0.5) is 0 Å². The van der Waals surface area contributed by atoms with E-state index in [4.69, 9.17) is 15.2 Å². The normalized spacial score (nSPS) is 24.5. The number of carbonyl (C=O) groups is 1. The monoisotopic (exact) mass is 388 g/mol. The van der Waals surface area contributed by atoms with Crippen LogP contribution in [0, 0.1) is 5.92 Å². The van der Waals surface area contributed by atoms with Gasteiger partial charge in [-0.15, -0.1) is 0 Å². The number of nitrogens with two attached hydrogens (primary N) is 1. The van der Waals surface area contributed by atoms with Gasteiger partial charge in [0, 0.05) is 19.2 Å². The highest BCUT2D eigenvalue weighted by Crippen LogP contribution is 2.32. The number of amidine groups is 1. The van der Waals surface area contributed by atoms with E-state index in [1.54, 1.807) is 7.05 Å². The molecule has 1 saturated heterocycles. The van der Waals surface area contributed by atoms with Crippen molar-refractivity contribution in [3.63, 3.8) is 0 Å². The van der Waals surface area contributed by atoms with Crippen molar-refractivity contribution in [2.24, 2.45) is 21.6 Å². The summed E-state index contributed by atoms with van der Waals surface area (Å²) in [6.07, 6.45) is 10.9. The Morgan fingerprint density at radius 1 is 1.25 bits per heavy atom. The van der Waals surface area contributed by atoms with Crippen molar-refractivity contribution in [3.05, 3.63) is 23.5 Å². The molecule has 1 saturated carbocycles. The maximum Gasteiger partial charge on any atom is 0.306 e. The standard InChI is InChI=1S/C21H32N4O3/c1-23-21(24-14-22)18-10-9-17(25-18)19-11-8-16(28-19)13-27-20(26)12-15-6-4-2-3-5-7-15/h9-10,14-16,19,25H,2-8,11-13H2,1H3,(H2,22,23,24). The minimum absolute atomic E-state index is 0.0285. The van der Waals surface area contributed by atoms with Crippen LogP contribution in [-0.2, 0) is 14.3 Å². The summed E-state index contributed by atoms with van der Waals surface area (Å²) in [5, 5.41) is 0. The summed E-state index contributed by atoms with van der Waals surface area (Å²) in [4.78, 5) is 23.6. The molecule has 0 aromatic carbocycles. The summed E-state index contributed by atoms with van der Waals surface area (Å²) < 4.78 is 11.6. The molecule has 3 N–H and O–H groups in total. The highest BCUT2D eigenvalue weighted by Gasteiger charge is 2.29. The van der Waals surface area contributed by atoms with Crippen molar-refractivity contribution in [3.8, 4) is 0 Å². The highest BCUT2D eigenvalue weighted by molar-refractivity contribution is 6.01. The molecule has 2 aliphatic rings. The lowest BCUT2D eigenvalue weighted by atomic mass is 9.97. The lowest BCUT2D eigenvalue weighted by molar-refractivity contribution is -0.148. The number of esters is 1. The van der Waals surface area contributed by atoms with Gasteiger partial charge >= 0.3 is 5.97 Å². The van der Waals surface area contributed by atoms with Gasteiger partial charge in [0.1, 0.15) is 6.61 Å². The largest absolute Gasteiger partial charge is 0.463 e. The number of hydrogen-bond donors (Lipinski definition) is 2. The molecule has 28 heavy (non-hydrogen) atoms. The van der Waals surface area contributed by atoms with Crippen LogP contribution in [0.1, 0.15) is 75.3 Å². The van der Waals surface area contributed by atoms with E-state index in [1.807, 2.05) is 12.1 Å². The zero-order chi connectivity index (χ0) is 19.8. The molecule has 2 fully saturated rings. The van der Waals surface area contributed by atoms with Gasteiger partial charge in [0.25, 0.3) is 0 Å². The van der Waals surface area contributed by atoms with Gasteiger partial charge in [-0.2, -0.15) is 0 Å². The zero-order valence-electron chi connectivity index (χ0n) is 16.7. The molecule has 2 atom stereocenters. The minimum atomic E-state index is -0.0791. The van der Waals surface area contributed by atoms with Gasteiger partial charge in [-0.25, -0.2) is 4.99 Å². The molecule has 0 radical (unpaired) electrons.